The van der Waals surface area contributed by atoms with Gasteiger partial charge < -0.3 is 9.47 Å². The molecule has 2 atom stereocenters. The van der Waals surface area contributed by atoms with E-state index >= 15 is 0 Å². The van der Waals surface area contributed by atoms with Crippen molar-refractivity contribution in [3.8, 4) is 11.4 Å². The van der Waals surface area contributed by atoms with Crippen LogP contribution >= 0.6 is 0 Å². The monoisotopic (exact) mass is 342 g/mol. The summed E-state index contributed by atoms with van der Waals surface area (Å²) in [6.45, 7) is 4.58. The van der Waals surface area contributed by atoms with Crippen LogP contribution in [-0.4, -0.2) is 66.1 Å². The van der Waals surface area contributed by atoms with E-state index < -0.39 is 0 Å². The molecule has 2 saturated heterocycles. The van der Waals surface area contributed by atoms with Gasteiger partial charge in [-0.25, -0.2) is 4.98 Å². The van der Waals surface area contributed by atoms with Gasteiger partial charge in [0.25, 0.3) is 0 Å². The summed E-state index contributed by atoms with van der Waals surface area (Å²) in [5, 5.41) is 7.64. The first-order valence-corrected chi connectivity index (χ1v) is 9.13. The minimum Gasteiger partial charge on any atom is -0.384 e. The van der Waals surface area contributed by atoms with Crippen LogP contribution in [0.1, 0.15) is 24.6 Å². The highest BCUT2D eigenvalue weighted by Crippen LogP contribution is 2.34. The highest BCUT2D eigenvalue weighted by atomic mass is 16.5. The smallest absolute Gasteiger partial charge is 0.181 e. The molecule has 6 nitrogen and oxygen atoms in total. The summed E-state index contributed by atoms with van der Waals surface area (Å²) in [4.78, 5) is 7.40. The lowest BCUT2D eigenvalue weighted by Gasteiger charge is -2.31. The van der Waals surface area contributed by atoms with Gasteiger partial charge in [-0.05, 0) is 12.8 Å². The number of H-pyrrole nitrogens is 1. The van der Waals surface area contributed by atoms with Crippen molar-refractivity contribution in [1.29, 1.82) is 0 Å². The number of nitrogens with one attached hydrogen (secondary N) is 1. The zero-order valence-electron chi connectivity index (χ0n) is 14.7. The average Bonchev–Trinajstić information content (AvgIpc) is 3.31. The molecule has 2 fully saturated rings. The number of ether oxygens (including phenoxy) is 2. The van der Waals surface area contributed by atoms with Crippen molar-refractivity contribution in [2.45, 2.75) is 24.8 Å². The molecule has 0 unspecified atom stereocenters. The van der Waals surface area contributed by atoms with Crippen molar-refractivity contribution >= 4 is 0 Å². The van der Waals surface area contributed by atoms with Gasteiger partial charge in [-0.2, -0.15) is 5.10 Å². The normalized spacial score (nSPS) is 25.5. The lowest BCUT2D eigenvalue weighted by molar-refractivity contribution is 0.0393. The predicted octanol–water partition coefficient (Wildman–Crippen LogP) is 2.31. The van der Waals surface area contributed by atoms with Crippen LogP contribution in [0.5, 0.6) is 0 Å². The zero-order chi connectivity index (χ0) is 17.1. The van der Waals surface area contributed by atoms with E-state index in [0.717, 1.165) is 63.0 Å². The highest BCUT2D eigenvalue weighted by Gasteiger charge is 2.39. The van der Waals surface area contributed by atoms with Gasteiger partial charge in [0.2, 0.25) is 0 Å². The summed E-state index contributed by atoms with van der Waals surface area (Å²) in [5.74, 6) is 2.55. The van der Waals surface area contributed by atoms with Gasteiger partial charge in [-0.3, -0.25) is 10.00 Å². The van der Waals surface area contributed by atoms with Crippen LogP contribution in [0.4, 0.5) is 0 Å². The fourth-order valence-electron chi connectivity index (χ4n) is 4.10. The molecular formula is C19H26N4O2. The number of hydrogen-bond donors (Lipinski definition) is 1. The maximum atomic E-state index is 5.52. The fourth-order valence-corrected chi connectivity index (χ4v) is 4.10. The van der Waals surface area contributed by atoms with E-state index in [0.29, 0.717) is 17.9 Å². The Balaban J connectivity index is 1.52. The summed E-state index contributed by atoms with van der Waals surface area (Å²) in [6, 6.07) is 10.7. The predicted molar refractivity (Wildman–Crippen MR) is 95.3 cm³/mol. The summed E-state index contributed by atoms with van der Waals surface area (Å²) >= 11 is 0. The fraction of sp³-hybridized carbons (Fsp3) is 0.579. The van der Waals surface area contributed by atoms with E-state index in [1.807, 2.05) is 30.3 Å². The van der Waals surface area contributed by atoms with Crippen molar-refractivity contribution in [1.82, 2.24) is 20.1 Å². The Morgan fingerprint density at radius 3 is 2.76 bits per heavy atom. The largest absolute Gasteiger partial charge is 0.384 e. The molecule has 2 aliphatic heterocycles. The minimum absolute atomic E-state index is 0.341. The second kappa shape index (κ2) is 7.64. The number of nitrogens with zero attached hydrogens (tertiary/aromatic N) is 3. The lowest BCUT2D eigenvalue weighted by atomic mass is 9.96. The lowest BCUT2D eigenvalue weighted by Crippen LogP contribution is -2.38. The molecule has 134 valence electrons. The maximum Gasteiger partial charge on any atom is 0.181 e. The molecule has 3 heterocycles. The molecule has 0 radical (unpaired) electrons. The molecule has 0 spiro atoms. The van der Waals surface area contributed by atoms with E-state index in [1.54, 1.807) is 7.11 Å². The summed E-state index contributed by atoms with van der Waals surface area (Å²) < 4.78 is 11.0. The second-order valence-corrected chi connectivity index (χ2v) is 7.03. The Hall–Kier alpha value is -1.76. The highest BCUT2D eigenvalue weighted by molar-refractivity contribution is 5.53. The number of methoxy groups -OCH3 is 1. The van der Waals surface area contributed by atoms with Gasteiger partial charge in [0.15, 0.2) is 5.82 Å². The van der Waals surface area contributed by atoms with Crippen LogP contribution < -0.4 is 0 Å². The summed E-state index contributed by atoms with van der Waals surface area (Å²) in [5.41, 5.74) is 1.05. The van der Waals surface area contributed by atoms with Crippen LogP contribution in [0, 0.1) is 5.92 Å². The van der Waals surface area contributed by atoms with Crippen molar-refractivity contribution in [3.63, 3.8) is 0 Å². The molecule has 6 heteroatoms. The molecule has 0 amide bonds. The number of aromatic nitrogens is 3. The average molecular weight is 342 g/mol. The van der Waals surface area contributed by atoms with E-state index in [9.17, 15) is 0 Å². The molecule has 0 aliphatic carbocycles. The molecule has 1 aromatic heterocycles. The van der Waals surface area contributed by atoms with Gasteiger partial charge in [-0.1, -0.05) is 30.3 Å². The number of rotatable bonds is 5. The summed E-state index contributed by atoms with van der Waals surface area (Å²) in [7, 11) is 1.78. The van der Waals surface area contributed by atoms with Gasteiger partial charge >= 0.3 is 0 Å². The third kappa shape index (κ3) is 3.61. The Morgan fingerprint density at radius 1 is 1.20 bits per heavy atom. The standard InChI is InChI=1S/C19H26N4O2/c1-24-13-15-11-23(16-7-9-25-10-8-16)12-17(15)19-20-18(21-22-19)14-5-3-2-4-6-14/h2-6,15-17H,7-13H2,1H3,(H,20,21,22)/t15-,17+/m0/s1. The van der Waals surface area contributed by atoms with E-state index in [-0.39, 0.29) is 0 Å². The Bertz CT molecular complexity index is 669. The zero-order valence-corrected chi connectivity index (χ0v) is 14.7. The first-order chi connectivity index (χ1) is 12.3. The summed E-state index contributed by atoms with van der Waals surface area (Å²) in [6.07, 6.45) is 2.25. The molecule has 0 bridgehead atoms. The van der Waals surface area contributed by atoms with Crippen molar-refractivity contribution in [2.24, 2.45) is 5.92 Å². The molecule has 25 heavy (non-hydrogen) atoms. The van der Waals surface area contributed by atoms with E-state index in [2.05, 4.69) is 15.1 Å². The third-order valence-electron chi connectivity index (χ3n) is 5.44. The SMILES string of the molecule is COC[C@@H]1CN(C2CCOCC2)C[C@H]1c1nc(-c2ccccc2)n[nH]1. The molecule has 0 saturated carbocycles. The first kappa shape index (κ1) is 16.7. The first-order valence-electron chi connectivity index (χ1n) is 9.13. The number of likely N-dealkylation sites (tertiary alicyclic amines) is 1. The van der Waals surface area contributed by atoms with Gasteiger partial charge in [0.1, 0.15) is 5.82 Å². The van der Waals surface area contributed by atoms with E-state index in [4.69, 9.17) is 14.5 Å². The topological polar surface area (TPSA) is 63.3 Å². The van der Waals surface area contributed by atoms with Crippen molar-refractivity contribution in [2.75, 3.05) is 40.0 Å². The Morgan fingerprint density at radius 2 is 2.00 bits per heavy atom. The molecule has 1 N–H and O–H groups in total. The minimum atomic E-state index is 0.341. The molecule has 2 aromatic rings. The van der Waals surface area contributed by atoms with Gasteiger partial charge in [0, 0.05) is 56.9 Å². The van der Waals surface area contributed by atoms with Crippen LogP contribution in [0.2, 0.25) is 0 Å². The number of hydrogen-bond acceptors (Lipinski definition) is 5. The van der Waals surface area contributed by atoms with Crippen LogP contribution in [0.25, 0.3) is 11.4 Å². The Labute approximate surface area is 148 Å². The number of benzene rings is 1. The molecular weight excluding hydrogens is 316 g/mol. The molecule has 4 rings (SSSR count). The van der Waals surface area contributed by atoms with Crippen LogP contribution in [0.15, 0.2) is 30.3 Å². The van der Waals surface area contributed by atoms with Crippen LogP contribution in [-0.2, 0) is 9.47 Å². The Kier molecular flexibility index (Phi) is 5.10. The molecule has 1 aromatic carbocycles. The second-order valence-electron chi connectivity index (χ2n) is 7.03. The maximum absolute atomic E-state index is 5.52. The van der Waals surface area contributed by atoms with E-state index in [1.165, 1.54) is 0 Å². The van der Waals surface area contributed by atoms with Gasteiger partial charge in [-0.15, -0.1) is 0 Å². The number of aromatic amines is 1. The quantitative estimate of drug-likeness (QED) is 0.903. The van der Waals surface area contributed by atoms with Crippen molar-refractivity contribution in [3.05, 3.63) is 36.2 Å². The van der Waals surface area contributed by atoms with Crippen molar-refractivity contribution < 1.29 is 9.47 Å². The van der Waals surface area contributed by atoms with Gasteiger partial charge in [0.05, 0.1) is 6.61 Å². The van der Waals surface area contributed by atoms with Crippen LogP contribution in [0.3, 0.4) is 0 Å². The molecule has 2 aliphatic rings. The third-order valence-corrected chi connectivity index (χ3v) is 5.44.